The Labute approximate surface area is 131 Å². The quantitative estimate of drug-likeness (QED) is 0.475. The van der Waals surface area contributed by atoms with E-state index in [1.807, 2.05) is 0 Å². The summed E-state index contributed by atoms with van der Waals surface area (Å²) in [4.78, 5) is 0. The van der Waals surface area contributed by atoms with Crippen molar-refractivity contribution in [3.05, 3.63) is 11.9 Å². The fourth-order valence-corrected chi connectivity index (χ4v) is 0.475. The van der Waals surface area contributed by atoms with Crippen LogP contribution in [0.4, 0.5) is 50.7 Å². The maximum absolute atomic E-state index is 12.5. The number of hydrogen-bond acceptors (Lipinski definition) is 5. The van der Waals surface area contributed by atoms with Gasteiger partial charge in [0.15, 0.2) is 13.3 Å². The highest BCUT2D eigenvalue weighted by atomic mass is 32.3. The van der Waals surface area contributed by atoms with Crippen LogP contribution in [-0.2, 0) is 26.0 Å². The van der Waals surface area contributed by atoms with Crippen LogP contribution in [0.1, 0.15) is 0 Å². The van der Waals surface area contributed by atoms with Gasteiger partial charge in [0.1, 0.15) is 0 Å². The van der Waals surface area contributed by atoms with Crippen LogP contribution in [-0.4, -0.2) is 42.1 Å². The fraction of sp³-hybridized carbons (Fsp3) is 0.667. The van der Waals surface area contributed by atoms with Gasteiger partial charge in [-0.05, 0) is 0 Å². The van der Waals surface area contributed by atoms with E-state index in [1.54, 1.807) is 0 Å². The van der Waals surface area contributed by atoms with Crippen molar-refractivity contribution in [2.24, 2.45) is 0 Å². The molecule has 0 spiro atoms. The van der Waals surface area contributed by atoms with E-state index in [4.69, 9.17) is 16.8 Å². The van der Waals surface area contributed by atoms with E-state index in [2.05, 4.69) is 4.74 Å². The standard InChI is InChI=1S/C6H4F8O.2F2O2S/c7-1-5(12,2-8)15-6(13,14)3(9)4(10)11;2*1-5(2,3)4/h1-2H2;;. The van der Waals surface area contributed by atoms with Crippen LogP contribution in [0, 0.1) is 0 Å². The van der Waals surface area contributed by atoms with Gasteiger partial charge in [-0.3, -0.25) is 4.74 Å². The van der Waals surface area contributed by atoms with Crippen LogP contribution in [0.3, 0.4) is 0 Å². The molecular weight excluding hydrogens is 444 g/mol. The van der Waals surface area contributed by atoms with Gasteiger partial charge in [0.05, 0.1) is 0 Å². The molecule has 0 saturated heterocycles. The summed E-state index contributed by atoms with van der Waals surface area (Å²) in [5, 5.41) is 0. The van der Waals surface area contributed by atoms with E-state index < -0.39 is 58.4 Å². The van der Waals surface area contributed by atoms with Crippen LogP contribution < -0.4 is 0 Å². The Hall–Kier alpha value is -1.24. The molecule has 154 valence electrons. The average Bonchev–Trinajstić information content (AvgIpc) is 2.33. The molecule has 19 heteroatoms. The van der Waals surface area contributed by atoms with Gasteiger partial charge in [0, 0.05) is 0 Å². The summed E-state index contributed by atoms with van der Waals surface area (Å²) < 4.78 is 171. The first-order chi connectivity index (χ1) is 10.7. The molecule has 5 nitrogen and oxygen atoms in total. The van der Waals surface area contributed by atoms with Crippen LogP contribution in [0.25, 0.3) is 0 Å². The Morgan fingerprint density at radius 3 is 1.16 bits per heavy atom. The molecule has 0 rings (SSSR count). The van der Waals surface area contributed by atoms with E-state index in [9.17, 15) is 50.7 Å². The largest absolute Gasteiger partial charge is 0.476 e. The number of halogens is 12. The molecule has 0 aliphatic rings. The zero-order valence-corrected chi connectivity index (χ0v) is 12.4. The summed E-state index contributed by atoms with van der Waals surface area (Å²) >= 11 is 0. The summed E-state index contributed by atoms with van der Waals surface area (Å²) in [5.74, 6) is -7.55. The molecule has 0 aliphatic heterocycles. The molecule has 0 heterocycles. The number of ether oxygens (including phenoxy) is 1. The van der Waals surface area contributed by atoms with E-state index in [0.29, 0.717) is 0 Å². The van der Waals surface area contributed by atoms with Crippen molar-refractivity contribution in [2.75, 3.05) is 13.3 Å². The maximum Gasteiger partial charge on any atom is 0.476 e. The Morgan fingerprint density at radius 1 is 0.760 bits per heavy atom. The van der Waals surface area contributed by atoms with Gasteiger partial charge >= 0.3 is 33.4 Å². The summed E-state index contributed by atoms with van der Waals surface area (Å²) in [6.45, 7) is -4.75. The van der Waals surface area contributed by atoms with Crippen LogP contribution in [0.2, 0.25) is 0 Å². The van der Waals surface area contributed by atoms with Gasteiger partial charge in [-0.25, -0.2) is 13.2 Å². The lowest BCUT2D eigenvalue weighted by Crippen LogP contribution is -2.40. The minimum atomic E-state index is -5.67. The van der Waals surface area contributed by atoms with Crippen molar-refractivity contribution < 1.29 is 72.2 Å². The molecule has 0 aromatic carbocycles. The van der Waals surface area contributed by atoms with Crippen molar-refractivity contribution in [3.63, 3.8) is 0 Å². The van der Waals surface area contributed by atoms with Crippen molar-refractivity contribution in [1.82, 2.24) is 0 Å². The maximum atomic E-state index is 12.5. The molecule has 0 radical (unpaired) electrons. The molecule has 0 bridgehead atoms. The van der Waals surface area contributed by atoms with E-state index >= 15 is 0 Å². The minimum absolute atomic E-state index is 2.37. The third-order valence-electron chi connectivity index (χ3n) is 1.13. The van der Waals surface area contributed by atoms with Crippen LogP contribution >= 0.6 is 0 Å². The molecule has 0 saturated carbocycles. The van der Waals surface area contributed by atoms with E-state index in [0.717, 1.165) is 0 Å². The molecule has 25 heavy (non-hydrogen) atoms. The number of rotatable bonds is 5. The van der Waals surface area contributed by atoms with Crippen LogP contribution in [0.15, 0.2) is 11.9 Å². The van der Waals surface area contributed by atoms with E-state index in [1.165, 1.54) is 0 Å². The molecule has 0 aromatic heterocycles. The lowest BCUT2D eigenvalue weighted by atomic mass is 10.4. The third-order valence-corrected chi connectivity index (χ3v) is 1.13. The molecule has 0 N–H and O–H groups in total. The molecule has 0 aromatic rings. The number of hydrogen-bond donors (Lipinski definition) is 0. The SMILES string of the molecule is FCC(F)(CF)OC(F)(F)C(F)=C(F)F.O=S(=O)(F)F.O=S(=O)(F)F. The normalized spacial score (nSPS) is 12.3. The molecule has 0 atom stereocenters. The topological polar surface area (TPSA) is 77.5 Å². The van der Waals surface area contributed by atoms with Gasteiger partial charge in [-0.2, -0.15) is 38.8 Å². The fourth-order valence-electron chi connectivity index (χ4n) is 0.475. The van der Waals surface area contributed by atoms with Gasteiger partial charge in [0.25, 0.3) is 11.7 Å². The van der Waals surface area contributed by atoms with Crippen molar-refractivity contribution >= 4 is 21.2 Å². The highest BCUT2D eigenvalue weighted by molar-refractivity contribution is 7.81. The highest BCUT2D eigenvalue weighted by Crippen LogP contribution is 2.35. The summed E-state index contributed by atoms with van der Waals surface area (Å²) in [6.07, 6.45) is -8.90. The van der Waals surface area contributed by atoms with Gasteiger partial charge in [-0.1, -0.05) is 15.5 Å². The second-order valence-corrected chi connectivity index (χ2v) is 4.61. The Morgan fingerprint density at radius 2 is 1.00 bits per heavy atom. The van der Waals surface area contributed by atoms with Crippen molar-refractivity contribution in [2.45, 2.75) is 12.0 Å². The molecule has 0 amide bonds. The molecule has 0 aliphatic carbocycles. The molecule has 0 fully saturated rings. The van der Waals surface area contributed by atoms with Gasteiger partial charge in [0.2, 0.25) is 0 Å². The smallest absolute Gasteiger partial charge is 0.271 e. The minimum Gasteiger partial charge on any atom is -0.271 e. The predicted octanol–water partition coefficient (Wildman–Crippen LogP) is 3.62. The summed E-state index contributed by atoms with van der Waals surface area (Å²) in [5.41, 5.74) is 0. The molecular formula is C6H4F12O5S2. The second kappa shape index (κ2) is 10.7. The van der Waals surface area contributed by atoms with Crippen molar-refractivity contribution in [3.8, 4) is 0 Å². The molecule has 0 unspecified atom stereocenters. The first-order valence-corrected chi connectivity index (χ1v) is 7.14. The first-order valence-electron chi connectivity index (χ1n) is 4.57. The second-order valence-electron chi connectivity index (χ2n) is 3.10. The lowest BCUT2D eigenvalue weighted by molar-refractivity contribution is -0.325. The van der Waals surface area contributed by atoms with E-state index in [-0.39, 0.29) is 0 Å². The van der Waals surface area contributed by atoms with Crippen LogP contribution in [0.5, 0.6) is 0 Å². The van der Waals surface area contributed by atoms with Gasteiger partial charge in [-0.15, -0.1) is 0 Å². The van der Waals surface area contributed by atoms with Gasteiger partial charge < -0.3 is 0 Å². The Balaban J connectivity index is -0.000000396. The number of alkyl halides is 5. The third kappa shape index (κ3) is 22.8. The monoisotopic (exact) mass is 448 g/mol. The Bertz CT molecular complexity index is 574. The summed E-state index contributed by atoms with van der Waals surface area (Å²) in [7, 11) is -11.3. The predicted molar refractivity (Wildman–Crippen MR) is 54.4 cm³/mol. The summed E-state index contributed by atoms with van der Waals surface area (Å²) in [6, 6.07) is 0. The Kier molecular flexibility index (Phi) is 12.2. The van der Waals surface area contributed by atoms with Crippen molar-refractivity contribution in [1.29, 1.82) is 0 Å². The average molecular weight is 448 g/mol. The zero-order valence-electron chi connectivity index (χ0n) is 10.8. The lowest BCUT2D eigenvalue weighted by Gasteiger charge is -2.23. The zero-order chi connectivity index (χ0) is 21.3. The first kappa shape index (κ1) is 28.6. The highest BCUT2D eigenvalue weighted by Gasteiger charge is 2.49.